The standard InChI is InChI=1S/C19H31NO5S2.C15H17NO5.C8H19NO3S2/c21-8-13-26-27-14-12-24-11-10-23-9-7-20-19(22)25-15-18-16-5-3-1-2-4-6-17(16)18;17-13-7-8-14(18)16(13)21-15(19)20-9-12-10-5-3-1-2-4-6-11(10)12;9-1-3-11-4-5-12-6-8-14-13-7-2-10/h16-18,21H,3-15H2,(H,20,22);10-12H,3-9H2;10H,1-9H2. The third-order valence-electron chi connectivity index (χ3n) is 10.3. The van der Waals surface area contributed by atoms with Crippen LogP contribution >= 0.6 is 43.2 Å². The number of amides is 3. The van der Waals surface area contributed by atoms with Crippen LogP contribution in [0.25, 0.3) is 0 Å². The Bertz CT molecular complexity index is 1350. The summed E-state index contributed by atoms with van der Waals surface area (Å²) in [6.45, 7) is 7.02. The maximum Gasteiger partial charge on any atom is 0.533 e. The molecule has 3 fully saturated rings. The van der Waals surface area contributed by atoms with Crippen molar-refractivity contribution in [1.29, 1.82) is 0 Å². The molecule has 5 N–H and O–H groups in total. The lowest BCUT2D eigenvalue weighted by Gasteiger charge is -2.12. The van der Waals surface area contributed by atoms with Crippen LogP contribution in [-0.2, 0) is 42.8 Å². The van der Waals surface area contributed by atoms with E-state index in [-0.39, 0.29) is 38.8 Å². The lowest BCUT2D eigenvalue weighted by Crippen LogP contribution is -2.32. The van der Waals surface area contributed by atoms with Crippen molar-refractivity contribution >= 4 is 67.2 Å². The van der Waals surface area contributed by atoms with E-state index in [9.17, 15) is 19.2 Å². The van der Waals surface area contributed by atoms with Gasteiger partial charge in [-0.15, -0.1) is 23.7 Å². The average Bonchev–Trinajstić information content (AvgIpc) is 4.08. The molecule has 20 heteroatoms. The Morgan fingerprint density at radius 2 is 1.03 bits per heavy atom. The molecule has 3 amide bonds. The van der Waals surface area contributed by atoms with Gasteiger partial charge in [-0.05, 0) is 61.2 Å². The van der Waals surface area contributed by atoms with Crippen molar-refractivity contribution < 1.29 is 62.6 Å². The van der Waals surface area contributed by atoms with Crippen LogP contribution in [0.15, 0.2) is 0 Å². The molecular formula is C42H67N3O13S4. The third kappa shape index (κ3) is 24.3. The molecule has 0 spiro atoms. The van der Waals surface area contributed by atoms with Crippen molar-refractivity contribution in [1.82, 2.24) is 10.4 Å². The Morgan fingerprint density at radius 1 is 0.613 bits per heavy atom. The van der Waals surface area contributed by atoms with Gasteiger partial charge in [0.25, 0.3) is 11.8 Å². The molecule has 0 radical (unpaired) electrons. The van der Waals surface area contributed by atoms with E-state index in [1.807, 2.05) is 0 Å². The SMILES string of the molecule is NCCOCCOCCSSCCO.O=C(NCCOCCOCCSSCCO)OCC1C2CCC#CCCC21.O=C(OCC1C2CCC#CCCC21)ON1C(=O)CCC1=O. The molecule has 352 valence electrons. The number of aliphatic hydroxyl groups is 2. The summed E-state index contributed by atoms with van der Waals surface area (Å²) in [5.74, 6) is 18.4. The highest BCUT2D eigenvalue weighted by Crippen LogP contribution is 2.53. The van der Waals surface area contributed by atoms with Crippen LogP contribution in [0.2, 0.25) is 0 Å². The third-order valence-corrected chi connectivity index (χ3v) is 15.0. The molecule has 1 heterocycles. The van der Waals surface area contributed by atoms with E-state index in [1.54, 1.807) is 43.2 Å². The highest BCUT2D eigenvalue weighted by Gasteiger charge is 2.50. The number of imide groups is 1. The van der Waals surface area contributed by atoms with E-state index >= 15 is 0 Å². The molecule has 1 saturated heterocycles. The number of carbonyl (C=O) groups excluding carboxylic acids is 4. The zero-order valence-corrected chi connectivity index (χ0v) is 39.1. The summed E-state index contributed by atoms with van der Waals surface area (Å²) >= 11 is 0. The molecule has 16 nitrogen and oxygen atoms in total. The van der Waals surface area contributed by atoms with Gasteiger partial charge in [0.05, 0.1) is 79.3 Å². The van der Waals surface area contributed by atoms with E-state index in [1.165, 1.54) is 0 Å². The second kappa shape index (κ2) is 35.2. The first-order valence-corrected chi connectivity index (χ1v) is 26.6. The lowest BCUT2D eigenvalue weighted by atomic mass is 10.1. The van der Waals surface area contributed by atoms with Gasteiger partial charge < -0.3 is 49.7 Å². The number of hydroxylamine groups is 2. The Kier molecular flexibility index (Phi) is 30.8. The number of hydrogen-bond donors (Lipinski definition) is 4. The second-order valence-corrected chi connectivity index (χ2v) is 20.0. The molecule has 0 aromatic heterocycles. The average molecular weight is 950 g/mol. The second-order valence-electron chi connectivity index (χ2n) is 14.6. The van der Waals surface area contributed by atoms with Crippen LogP contribution in [0.1, 0.15) is 64.2 Å². The van der Waals surface area contributed by atoms with E-state index in [0.717, 1.165) is 81.0 Å². The maximum absolute atomic E-state index is 11.7. The molecule has 4 aliphatic carbocycles. The van der Waals surface area contributed by atoms with Gasteiger partial charge in [-0.3, -0.25) is 14.4 Å². The van der Waals surface area contributed by atoms with Gasteiger partial charge in [0, 0.05) is 74.6 Å². The largest absolute Gasteiger partial charge is 0.533 e. The van der Waals surface area contributed by atoms with Gasteiger partial charge >= 0.3 is 12.2 Å². The van der Waals surface area contributed by atoms with E-state index in [0.29, 0.717) is 107 Å². The van der Waals surface area contributed by atoms with Gasteiger partial charge in [0.2, 0.25) is 0 Å². The fraction of sp³-hybridized carbons (Fsp3) is 0.810. The molecule has 62 heavy (non-hydrogen) atoms. The van der Waals surface area contributed by atoms with Crippen LogP contribution < -0.4 is 11.1 Å². The van der Waals surface area contributed by atoms with Crippen molar-refractivity contribution in [3.8, 4) is 23.7 Å². The number of hydrogen-bond acceptors (Lipinski definition) is 18. The summed E-state index contributed by atoms with van der Waals surface area (Å²) < 4.78 is 31.7. The molecular weight excluding hydrogens is 883 g/mol. The summed E-state index contributed by atoms with van der Waals surface area (Å²) in [5, 5.41) is 20.4. The Labute approximate surface area is 383 Å². The Balaban J connectivity index is 0.000000261. The first-order chi connectivity index (χ1) is 30.4. The summed E-state index contributed by atoms with van der Waals surface area (Å²) in [6.07, 6.45) is 6.96. The first-order valence-electron chi connectivity index (χ1n) is 21.6. The van der Waals surface area contributed by atoms with Gasteiger partial charge in [0.15, 0.2) is 0 Å². The van der Waals surface area contributed by atoms with E-state index < -0.39 is 18.0 Å². The lowest BCUT2D eigenvalue weighted by molar-refractivity contribution is -0.177. The number of nitrogens with zero attached hydrogens (tertiary/aromatic N) is 1. The highest BCUT2D eigenvalue weighted by atomic mass is 33.1. The van der Waals surface area contributed by atoms with Crippen LogP contribution in [0.3, 0.4) is 0 Å². The first kappa shape index (κ1) is 54.3. The number of carbonyl (C=O) groups is 4. The van der Waals surface area contributed by atoms with Gasteiger partial charge in [-0.1, -0.05) is 48.2 Å². The molecule has 2 saturated carbocycles. The highest BCUT2D eigenvalue weighted by molar-refractivity contribution is 8.77. The quantitative estimate of drug-likeness (QED) is 0.0278. The molecule has 0 aromatic carbocycles. The molecule has 5 aliphatic rings. The minimum atomic E-state index is -0.978. The summed E-state index contributed by atoms with van der Waals surface area (Å²) in [6, 6.07) is 0. The molecule has 0 bridgehead atoms. The minimum Gasteiger partial charge on any atom is -0.449 e. The van der Waals surface area contributed by atoms with Gasteiger partial charge in [0.1, 0.15) is 0 Å². The number of aliphatic hydroxyl groups excluding tert-OH is 2. The fourth-order valence-corrected chi connectivity index (χ4v) is 10.4. The van der Waals surface area contributed by atoms with Crippen molar-refractivity contribution in [2.75, 3.05) is 115 Å². The predicted molar refractivity (Wildman–Crippen MR) is 243 cm³/mol. The van der Waals surface area contributed by atoms with Crippen LogP contribution in [0.4, 0.5) is 9.59 Å². The number of alkyl carbamates (subject to hydrolysis) is 1. The molecule has 4 unspecified atom stereocenters. The van der Waals surface area contributed by atoms with E-state index in [4.69, 9.17) is 44.4 Å². The molecule has 4 atom stereocenters. The Hall–Kier alpha value is -2.08. The summed E-state index contributed by atoms with van der Waals surface area (Å²) in [7, 11) is 6.72. The number of fused-ring (bicyclic) bond motifs is 2. The van der Waals surface area contributed by atoms with Crippen molar-refractivity contribution in [3.63, 3.8) is 0 Å². The normalized spacial score (nSPS) is 23.0. The number of rotatable bonds is 28. The molecule has 1 aliphatic heterocycles. The maximum atomic E-state index is 11.7. The monoisotopic (exact) mass is 949 g/mol. The summed E-state index contributed by atoms with van der Waals surface area (Å²) in [4.78, 5) is 50.6. The Morgan fingerprint density at radius 3 is 1.48 bits per heavy atom. The summed E-state index contributed by atoms with van der Waals surface area (Å²) in [5.41, 5.74) is 5.25. The van der Waals surface area contributed by atoms with Crippen molar-refractivity contribution in [2.45, 2.75) is 64.2 Å². The van der Waals surface area contributed by atoms with Crippen molar-refractivity contribution in [2.24, 2.45) is 41.2 Å². The van der Waals surface area contributed by atoms with Gasteiger partial charge in [-0.2, -0.15) is 0 Å². The van der Waals surface area contributed by atoms with Crippen molar-refractivity contribution in [3.05, 3.63) is 0 Å². The topological polar surface area (TPSA) is 215 Å². The number of nitrogens with one attached hydrogen (secondary N) is 1. The minimum absolute atomic E-state index is 0.0822. The zero-order valence-electron chi connectivity index (χ0n) is 35.8. The zero-order chi connectivity index (χ0) is 44.5. The fourth-order valence-electron chi connectivity index (χ4n) is 7.16. The van der Waals surface area contributed by atoms with Gasteiger partial charge in [-0.25, -0.2) is 9.59 Å². The predicted octanol–water partition coefficient (Wildman–Crippen LogP) is 4.55. The molecule has 5 rings (SSSR count). The number of ether oxygens (including phenoxy) is 6. The molecule has 0 aromatic rings. The smallest absolute Gasteiger partial charge is 0.449 e. The van der Waals surface area contributed by atoms with Crippen LogP contribution in [0.5, 0.6) is 0 Å². The van der Waals surface area contributed by atoms with Crippen LogP contribution in [0, 0.1) is 59.2 Å². The van der Waals surface area contributed by atoms with Crippen LogP contribution in [-0.4, -0.2) is 155 Å². The van der Waals surface area contributed by atoms with E-state index in [2.05, 4.69) is 33.8 Å². The number of nitrogens with two attached hydrogens (primary N) is 1.